The number of rotatable bonds is 5. The van der Waals surface area contributed by atoms with Crippen molar-refractivity contribution < 1.29 is 4.42 Å². The molecule has 4 heterocycles. The molecule has 0 unspecified atom stereocenters. The van der Waals surface area contributed by atoms with Crippen LogP contribution in [0.3, 0.4) is 0 Å². The van der Waals surface area contributed by atoms with Crippen molar-refractivity contribution in [3.63, 3.8) is 0 Å². The van der Waals surface area contributed by atoms with E-state index in [9.17, 15) is 0 Å². The fourth-order valence-corrected chi connectivity index (χ4v) is 8.75. The van der Waals surface area contributed by atoms with Crippen molar-refractivity contribution in [2.75, 3.05) is 0 Å². The summed E-state index contributed by atoms with van der Waals surface area (Å²) >= 11 is 0. The Balaban J connectivity index is 1.28. The lowest BCUT2D eigenvalue weighted by Gasteiger charge is -2.14. The number of hydrogen-bond donors (Lipinski definition) is 0. The molecule has 53 heavy (non-hydrogen) atoms. The van der Waals surface area contributed by atoms with Crippen LogP contribution in [0.15, 0.2) is 175 Å². The molecule has 0 fully saturated rings. The SMILES string of the molecule is C=C/C=C\c1c(C)n(-c2cc(-n3c4ccccc4c4ccccc43)cc3c2oc2ccc(-n4c5ccccc5c5ccccc54)cc23)c2ccccc12. The Bertz CT molecular complexity index is 3220. The summed E-state index contributed by atoms with van der Waals surface area (Å²) in [5.41, 5.74) is 13.0. The maximum Gasteiger partial charge on any atom is 0.159 e. The summed E-state index contributed by atoms with van der Waals surface area (Å²) in [4.78, 5) is 0. The van der Waals surface area contributed by atoms with Gasteiger partial charge in [0.1, 0.15) is 5.58 Å². The summed E-state index contributed by atoms with van der Waals surface area (Å²) < 4.78 is 14.1. The monoisotopic (exact) mass is 679 g/mol. The van der Waals surface area contributed by atoms with Gasteiger partial charge in [0.2, 0.25) is 0 Å². The molecule has 0 saturated heterocycles. The summed E-state index contributed by atoms with van der Waals surface area (Å²) in [6, 6.07) is 54.6. The van der Waals surface area contributed by atoms with Crippen molar-refractivity contribution in [2.45, 2.75) is 6.92 Å². The van der Waals surface area contributed by atoms with Crippen LogP contribution in [0, 0.1) is 6.92 Å². The molecule has 0 bridgehead atoms. The van der Waals surface area contributed by atoms with E-state index in [1.54, 1.807) is 0 Å². The van der Waals surface area contributed by atoms with Gasteiger partial charge >= 0.3 is 0 Å². The third-order valence-electron chi connectivity index (χ3n) is 11.0. The molecule has 0 saturated carbocycles. The predicted octanol–water partition coefficient (Wildman–Crippen LogP) is 13.2. The second kappa shape index (κ2) is 11.2. The van der Waals surface area contributed by atoms with Crippen LogP contribution >= 0.6 is 0 Å². The van der Waals surface area contributed by atoms with Crippen LogP contribution in [0.25, 0.3) is 99.6 Å². The molecule has 11 aromatic rings. The molecule has 0 N–H and O–H groups in total. The highest BCUT2D eigenvalue weighted by molar-refractivity contribution is 6.14. The number of para-hydroxylation sites is 5. The van der Waals surface area contributed by atoms with Crippen LogP contribution in [0.4, 0.5) is 0 Å². The van der Waals surface area contributed by atoms with Crippen LogP contribution in [0.5, 0.6) is 0 Å². The lowest BCUT2D eigenvalue weighted by molar-refractivity contribution is 0.665. The lowest BCUT2D eigenvalue weighted by Crippen LogP contribution is -2.01. The van der Waals surface area contributed by atoms with Crippen LogP contribution < -0.4 is 0 Å². The van der Waals surface area contributed by atoms with E-state index in [2.05, 4.69) is 185 Å². The fraction of sp³-hybridized carbons (Fsp3) is 0.0204. The van der Waals surface area contributed by atoms with Crippen LogP contribution in [0.1, 0.15) is 11.3 Å². The first-order chi connectivity index (χ1) is 26.2. The molecule has 0 spiro atoms. The summed E-state index contributed by atoms with van der Waals surface area (Å²) in [6.45, 7) is 6.15. The Morgan fingerprint density at radius 1 is 0.472 bits per heavy atom. The normalized spacial score (nSPS) is 12.2. The predicted molar refractivity (Wildman–Crippen MR) is 223 cm³/mol. The Kier molecular flexibility index (Phi) is 6.29. The first-order valence-electron chi connectivity index (χ1n) is 18.1. The van der Waals surface area contributed by atoms with Crippen LogP contribution in [-0.4, -0.2) is 13.7 Å². The van der Waals surface area contributed by atoms with Crippen molar-refractivity contribution in [1.82, 2.24) is 13.7 Å². The van der Waals surface area contributed by atoms with Gasteiger partial charge in [-0.1, -0.05) is 116 Å². The summed E-state index contributed by atoms with van der Waals surface area (Å²) in [5, 5.41) is 8.27. The molecule has 4 heteroatoms. The average Bonchev–Trinajstić information content (AvgIpc) is 3.93. The van der Waals surface area contributed by atoms with Crippen molar-refractivity contribution in [3.05, 3.63) is 182 Å². The number of nitrogens with zero attached hydrogens (tertiary/aromatic N) is 3. The zero-order valence-electron chi connectivity index (χ0n) is 29.1. The van der Waals surface area contributed by atoms with Gasteiger partial charge in [-0.25, -0.2) is 0 Å². The molecule has 0 radical (unpaired) electrons. The van der Waals surface area contributed by atoms with E-state index >= 15 is 0 Å². The molecule has 4 aromatic heterocycles. The number of fused-ring (bicyclic) bond motifs is 10. The molecule has 0 aliphatic heterocycles. The van der Waals surface area contributed by atoms with E-state index in [1.807, 2.05) is 12.2 Å². The highest BCUT2D eigenvalue weighted by Crippen LogP contribution is 2.42. The molecule has 11 rings (SSSR count). The third kappa shape index (κ3) is 4.18. The molecule has 0 amide bonds. The number of aromatic nitrogens is 3. The molecule has 7 aromatic carbocycles. The van der Waals surface area contributed by atoms with E-state index in [-0.39, 0.29) is 0 Å². The summed E-state index contributed by atoms with van der Waals surface area (Å²) in [6.07, 6.45) is 6.01. The Morgan fingerprint density at radius 2 is 0.943 bits per heavy atom. The summed E-state index contributed by atoms with van der Waals surface area (Å²) in [5.74, 6) is 0. The Morgan fingerprint density at radius 3 is 1.49 bits per heavy atom. The van der Waals surface area contributed by atoms with Gasteiger partial charge in [-0.2, -0.15) is 0 Å². The quantitative estimate of drug-likeness (QED) is 0.166. The maximum atomic E-state index is 6.95. The first kappa shape index (κ1) is 29.7. The molecule has 0 atom stereocenters. The standard InChI is InChI=1S/C49H33N3O/c1-3-4-15-34-31(2)50(42-21-10-5-16-35(34)42)47-30-33(52-45-24-13-8-19-38(45)39-20-9-14-25-46(39)52)29-41-40-28-32(26-27-48(40)53-49(41)47)51-43-22-11-6-17-36(43)37-18-7-12-23-44(37)51/h3-30H,1H2,2H3/b15-4-. The van der Waals surface area contributed by atoms with Gasteiger partial charge < -0.3 is 18.1 Å². The largest absolute Gasteiger partial charge is 0.454 e. The molecule has 0 aliphatic carbocycles. The highest BCUT2D eigenvalue weighted by atomic mass is 16.3. The minimum atomic E-state index is 0.853. The van der Waals surface area contributed by atoms with Gasteiger partial charge in [0.25, 0.3) is 0 Å². The van der Waals surface area contributed by atoms with Gasteiger partial charge in [-0.05, 0) is 67.6 Å². The molecule has 250 valence electrons. The number of allylic oxidation sites excluding steroid dienone is 2. The van der Waals surface area contributed by atoms with Crippen molar-refractivity contribution in [2.24, 2.45) is 0 Å². The van der Waals surface area contributed by atoms with E-state index < -0.39 is 0 Å². The van der Waals surface area contributed by atoms with Gasteiger partial charge in [0, 0.05) is 60.3 Å². The van der Waals surface area contributed by atoms with Gasteiger partial charge in [-0.3, -0.25) is 0 Å². The van der Waals surface area contributed by atoms with E-state index in [0.717, 1.165) is 50.2 Å². The van der Waals surface area contributed by atoms with Crippen molar-refractivity contribution in [3.8, 4) is 17.1 Å². The van der Waals surface area contributed by atoms with Crippen LogP contribution in [-0.2, 0) is 0 Å². The van der Waals surface area contributed by atoms with Gasteiger partial charge in [-0.15, -0.1) is 0 Å². The fourth-order valence-electron chi connectivity index (χ4n) is 8.75. The summed E-state index contributed by atoms with van der Waals surface area (Å²) in [7, 11) is 0. The van der Waals surface area contributed by atoms with Gasteiger partial charge in [0.15, 0.2) is 5.58 Å². The Hall–Kier alpha value is -7.04. The molecular formula is C49H33N3O. The van der Waals surface area contributed by atoms with E-state index in [4.69, 9.17) is 4.42 Å². The second-order valence-electron chi connectivity index (χ2n) is 13.8. The number of benzene rings is 7. The average molecular weight is 680 g/mol. The minimum absolute atomic E-state index is 0.853. The number of hydrogen-bond acceptors (Lipinski definition) is 1. The van der Waals surface area contributed by atoms with Crippen LogP contribution in [0.2, 0.25) is 0 Å². The molecule has 4 nitrogen and oxygen atoms in total. The lowest BCUT2D eigenvalue weighted by atomic mass is 10.1. The smallest absolute Gasteiger partial charge is 0.159 e. The van der Waals surface area contributed by atoms with E-state index in [0.29, 0.717) is 0 Å². The minimum Gasteiger partial charge on any atom is -0.454 e. The van der Waals surface area contributed by atoms with Gasteiger partial charge in [0.05, 0.1) is 33.3 Å². The Labute approximate surface area is 305 Å². The van der Waals surface area contributed by atoms with Crippen molar-refractivity contribution in [1.29, 1.82) is 0 Å². The topological polar surface area (TPSA) is 27.9 Å². The zero-order chi connectivity index (χ0) is 35.2. The van der Waals surface area contributed by atoms with E-state index in [1.165, 1.54) is 54.6 Å². The zero-order valence-corrected chi connectivity index (χ0v) is 29.1. The maximum absolute atomic E-state index is 6.95. The highest BCUT2D eigenvalue weighted by Gasteiger charge is 2.22. The number of furan rings is 1. The first-order valence-corrected chi connectivity index (χ1v) is 18.1. The third-order valence-corrected chi connectivity index (χ3v) is 11.0. The van der Waals surface area contributed by atoms with Crippen molar-refractivity contribution >= 4 is 82.5 Å². The molecule has 0 aliphatic rings. The molecular weight excluding hydrogens is 647 g/mol. The second-order valence-corrected chi connectivity index (χ2v) is 13.8.